The number of benzene rings is 3. The molecule has 0 atom stereocenters. The van der Waals surface area contributed by atoms with Crippen LogP contribution in [0.5, 0.6) is 0 Å². The van der Waals surface area contributed by atoms with E-state index in [2.05, 4.69) is 103 Å². The molecule has 0 aliphatic heterocycles. The normalized spacial score (nSPS) is 13.7. The molecule has 1 heteroatoms. The van der Waals surface area contributed by atoms with Crippen LogP contribution in [0.15, 0.2) is 116 Å². The zero-order valence-electron chi connectivity index (χ0n) is 18.5. The van der Waals surface area contributed by atoms with E-state index in [1.165, 1.54) is 38.6 Å². The van der Waals surface area contributed by atoms with E-state index < -0.39 is 0 Å². The summed E-state index contributed by atoms with van der Waals surface area (Å²) < 4.78 is 2.37. The summed E-state index contributed by atoms with van der Waals surface area (Å²) in [6.45, 7) is 10.2. The minimum absolute atomic E-state index is 0.991. The first kappa shape index (κ1) is 20.1. The highest BCUT2D eigenvalue weighted by atomic mass is 15.0. The van der Waals surface area contributed by atoms with Gasteiger partial charge in [0.2, 0.25) is 0 Å². The van der Waals surface area contributed by atoms with Gasteiger partial charge in [-0.1, -0.05) is 85.5 Å². The molecule has 4 aromatic rings. The second-order valence-corrected chi connectivity index (χ2v) is 8.48. The first-order valence-corrected chi connectivity index (χ1v) is 11.2. The molecule has 3 aromatic carbocycles. The molecule has 0 amide bonds. The van der Waals surface area contributed by atoms with Gasteiger partial charge in [-0.15, -0.1) is 0 Å². The highest BCUT2D eigenvalue weighted by Crippen LogP contribution is 2.34. The maximum Gasteiger partial charge on any atom is 0.0541 e. The Kier molecular flexibility index (Phi) is 5.25. The number of fused-ring (bicyclic) bond motifs is 3. The van der Waals surface area contributed by atoms with Crippen molar-refractivity contribution in [2.75, 3.05) is 0 Å². The Labute approximate surface area is 190 Å². The molecule has 1 aromatic heterocycles. The van der Waals surface area contributed by atoms with Gasteiger partial charge in [-0.3, -0.25) is 0 Å². The van der Waals surface area contributed by atoms with Crippen molar-refractivity contribution in [3.63, 3.8) is 0 Å². The fourth-order valence-electron chi connectivity index (χ4n) is 4.44. The average Bonchev–Trinajstić information content (AvgIpc) is 3.17. The van der Waals surface area contributed by atoms with Gasteiger partial charge in [-0.25, -0.2) is 0 Å². The second kappa shape index (κ2) is 8.36. The summed E-state index contributed by atoms with van der Waals surface area (Å²) in [5.41, 5.74) is 9.31. The maximum atomic E-state index is 4.26. The predicted molar refractivity (Wildman–Crippen MR) is 140 cm³/mol. The first-order chi connectivity index (χ1) is 15.6. The summed E-state index contributed by atoms with van der Waals surface area (Å²) in [4.78, 5) is 0. The zero-order valence-corrected chi connectivity index (χ0v) is 18.5. The van der Waals surface area contributed by atoms with Gasteiger partial charge >= 0.3 is 0 Å². The number of hydrogen-bond acceptors (Lipinski definition) is 0. The standard InChI is InChI=1S/C31H27N/c1-22(2)16-17-23(3)25-18-19-31-29(21-25)28-14-7-8-15-30(28)32(31)27-13-9-12-26(20-27)24-10-5-4-6-11-24/h5,7-21H,1,3-4,6H2,2H3/b17-16-. The van der Waals surface area contributed by atoms with Crippen molar-refractivity contribution in [1.82, 2.24) is 4.57 Å². The minimum atomic E-state index is 0.991. The van der Waals surface area contributed by atoms with E-state index in [1.807, 2.05) is 19.1 Å². The van der Waals surface area contributed by atoms with E-state index in [0.717, 1.165) is 29.6 Å². The van der Waals surface area contributed by atoms with Gasteiger partial charge < -0.3 is 4.57 Å². The highest BCUT2D eigenvalue weighted by Gasteiger charge is 2.13. The van der Waals surface area contributed by atoms with Crippen molar-refractivity contribution in [3.05, 3.63) is 127 Å². The van der Waals surface area contributed by atoms with Gasteiger partial charge in [0.05, 0.1) is 11.0 Å². The van der Waals surface area contributed by atoms with Crippen LogP contribution >= 0.6 is 0 Å². The SMILES string of the molecule is C=C(C)/C=C\C(=C)c1ccc2c(c1)c1ccccc1n2-c1cccc(C2=CCCC=C2)c1. The van der Waals surface area contributed by atoms with Gasteiger partial charge in [0.1, 0.15) is 0 Å². The fraction of sp³-hybridized carbons (Fsp3) is 0.0968. The van der Waals surface area contributed by atoms with Gasteiger partial charge in [0.15, 0.2) is 0 Å². The Hall–Kier alpha value is -3.84. The van der Waals surface area contributed by atoms with Crippen molar-refractivity contribution in [1.29, 1.82) is 0 Å². The third kappa shape index (κ3) is 3.67. The zero-order chi connectivity index (χ0) is 22.1. The molecule has 1 heterocycles. The quantitative estimate of drug-likeness (QED) is 0.288. The molecule has 1 nitrogen and oxygen atoms in total. The van der Waals surface area contributed by atoms with Crippen molar-refractivity contribution in [2.24, 2.45) is 0 Å². The number of para-hydroxylation sites is 1. The van der Waals surface area contributed by atoms with Crippen LogP contribution in [-0.2, 0) is 0 Å². The fourth-order valence-corrected chi connectivity index (χ4v) is 4.44. The molecular formula is C31H27N. The molecule has 0 unspecified atom stereocenters. The summed E-state index contributed by atoms with van der Waals surface area (Å²) >= 11 is 0. The van der Waals surface area contributed by atoms with Crippen LogP contribution in [0, 0.1) is 0 Å². The van der Waals surface area contributed by atoms with Crippen LogP contribution in [0.3, 0.4) is 0 Å². The van der Waals surface area contributed by atoms with E-state index in [0.29, 0.717) is 0 Å². The smallest absolute Gasteiger partial charge is 0.0541 e. The molecule has 0 fully saturated rings. The van der Waals surface area contributed by atoms with Gasteiger partial charge in [0.25, 0.3) is 0 Å². The lowest BCUT2D eigenvalue weighted by atomic mass is 9.99. The molecule has 156 valence electrons. The molecule has 0 saturated carbocycles. The lowest BCUT2D eigenvalue weighted by Crippen LogP contribution is -1.95. The lowest BCUT2D eigenvalue weighted by Gasteiger charge is -2.12. The Morgan fingerprint density at radius 1 is 0.844 bits per heavy atom. The summed E-state index contributed by atoms with van der Waals surface area (Å²) in [6, 6.07) is 24.2. The van der Waals surface area contributed by atoms with Crippen molar-refractivity contribution in [3.8, 4) is 5.69 Å². The van der Waals surface area contributed by atoms with E-state index >= 15 is 0 Å². The topological polar surface area (TPSA) is 4.93 Å². The van der Waals surface area contributed by atoms with Gasteiger partial charge in [-0.05, 0) is 72.4 Å². The number of aromatic nitrogens is 1. The van der Waals surface area contributed by atoms with Gasteiger partial charge in [-0.2, -0.15) is 0 Å². The van der Waals surface area contributed by atoms with Crippen LogP contribution in [-0.4, -0.2) is 4.57 Å². The summed E-state index contributed by atoms with van der Waals surface area (Å²) in [6.07, 6.45) is 13.1. The van der Waals surface area contributed by atoms with E-state index in [1.54, 1.807) is 0 Å². The Bertz CT molecular complexity index is 1450. The van der Waals surface area contributed by atoms with Crippen LogP contribution < -0.4 is 0 Å². The third-order valence-electron chi connectivity index (χ3n) is 6.05. The molecule has 0 bridgehead atoms. The number of allylic oxidation sites excluding steroid dienone is 8. The molecule has 0 N–H and O–H groups in total. The predicted octanol–water partition coefficient (Wildman–Crippen LogP) is 8.66. The minimum Gasteiger partial charge on any atom is -0.309 e. The van der Waals surface area contributed by atoms with Crippen molar-refractivity contribution in [2.45, 2.75) is 19.8 Å². The number of rotatable bonds is 5. The van der Waals surface area contributed by atoms with E-state index in [4.69, 9.17) is 0 Å². The molecule has 32 heavy (non-hydrogen) atoms. The summed E-state index contributed by atoms with van der Waals surface area (Å²) in [7, 11) is 0. The van der Waals surface area contributed by atoms with Gasteiger partial charge in [0, 0.05) is 16.5 Å². The van der Waals surface area contributed by atoms with Crippen LogP contribution in [0.1, 0.15) is 30.9 Å². The monoisotopic (exact) mass is 413 g/mol. The van der Waals surface area contributed by atoms with Crippen LogP contribution in [0.25, 0.3) is 38.6 Å². The summed E-state index contributed by atoms with van der Waals surface area (Å²) in [5.74, 6) is 0. The van der Waals surface area contributed by atoms with Crippen LogP contribution in [0.4, 0.5) is 0 Å². The largest absolute Gasteiger partial charge is 0.309 e. The highest BCUT2D eigenvalue weighted by molar-refractivity contribution is 6.10. The van der Waals surface area contributed by atoms with E-state index in [9.17, 15) is 0 Å². The molecule has 0 radical (unpaired) electrons. The lowest BCUT2D eigenvalue weighted by molar-refractivity contribution is 1.04. The number of hydrogen-bond donors (Lipinski definition) is 0. The maximum absolute atomic E-state index is 4.26. The Balaban J connectivity index is 1.68. The van der Waals surface area contributed by atoms with E-state index in [-0.39, 0.29) is 0 Å². The Morgan fingerprint density at radius 2 is 1.69 bits per heavy atom. The Morgan fingerprint density at radius 3 is 2.50 bits per heavy atom. The van der Waals surface area contributed by atoms with Crippen molar-refractivity contribution < 1.29 is 0 Å². The number of nitrogens with zero attached hydrogens (tertiary/aromatic N) is 1. The molecule has 1 aliphatic rings. The molecule has 5 rings (SSSR count). The molecule has 0 saturated heterocycles. The molecular weight excluding hydrogens is 386 g/mol. The second-order valence-electron chi connectivity index (χ2n) is 8.48. The summed E-state index contributed by atoms with van der Waals surface area (Å²) in [5, 5.41) is 2.49. The average molecular weight is 414 g/mol. The third-order valence-corrected chi connectivity index (χ3v) is 6.05. The van der Waals surface area contributed by atoms with Crippen molar-refractivity contribution >= 4 is 33.0 Å². The van der Waals surface area contributed by atoms with Crippen LogP contribution in [0.2, 0.25) is 0 Å². The first-order valence-electron chi connectivity index (χ1n) is 11.2. The molecule has 1 aliphatic carbocycles. The molecule has 0 spiro atoms.